The Balaban J connectivity index is 0.000000347. The minimum absolute atomic E-state index is 0.385. The number of rotatable bonds is 2. The van der Waals surface area contributed by atoms with Crippen LogP contribution in [0.3, 0.4) is 0 Å². The maximum absolute atomic E-state index is 8.74. The molecule has 0 atom stereocenters. The molecular weight excluding hydrogens is 314 g/mol. The number of anilines is 2. The van der Waals surface area contributed by atoms with Crippen molar-refractivity contribution in [3.05, 3.63) is 11.2 Å². The molecule has 1 fully saturated rings. The minimum atomic E-state index is -4.67. The van der Waals surface area contributed by atoms with E-state index in [0.29, 0.717) is 24.2 Å². The number of morpholine rings is 1. The summed E-state index contributed by atoms with van der Waals surface area (Å²) >= 11 is 5.96. The highest BCUT2D eigenvalue weighted by Crippen LogP contribution is 2.25. The molecule has 12 heteroatoms. The summed E-state index contributed by atoms with van der Waals surface area (Å²) < 4.78 is 36.8. The van der Waals surface area contributed by atoms with E-state index in [1.807, 2.05) is 0 Å². The summed E-state index contributed by atoms with van der Waals surface area (Å²) in [6, 6.07) is 1.78. The largest absolute Gasteiger partial charge is 0.394 e. The molecule has 0 bridgehead atoms. The number of halogens is 1. The highest BCUT2D eigenvalue weighted by Gasteiger charge is 2.15. The van der Waals surface area contributed by atoms with Crippen molar-refractivity contribution < 1.29 is 22.3 Å². The van der Waals surface area contributed by atoms with Crippen LogP contribution in [0, 0.1) is 0 Å². The summed E-state index contributed by atoms with van der Waals surface area (Å²) in [6.07, 6.45) is 0. The third-order valence-corrected chi connectivity index (χ3v) is 2.50. The molecule has 0 aromatic carbocycles. The van der Waals surface area contributed by atoms with Gasteiger partial charge in [-0.2, -0.15) is 8.42 Å². The number of hydrogen-bond acceptors (Lipinski definition) is 8. The summed E-state index contributed by atoms with van der Waals surface area (Å²) in [5, 5.41) is 7.98. The van der Waals surface area contributed by atoms with Crippen LogP contribution in [0.4, 0.5) is 11.5 Å². The lowest BCUT2D eigenvalue weighted by Crippen LogP contribution is -2.36. The summed E-state index contributed by atoms with van der Waals surface area (Å²) in [5.74, 6) is 5.76. The molecule has 114 valence electrons. The molecule has 1 aliphatic rings. The van der Waals surface area contributed by atoms with Gasteiger partial charge < -0.3 is 15.1 Å². The van der Waals surface area contributed by atoms with E-state index in [4.69, 9.17) is 39.7 Å². The van der Waals surface area contributed by atoms with Gasteiger partial charge in [0.1, 0.15) is 0 Å². The second-order valence-electron chi connectivity index (χ2n) is 3.60. The van der Waals surface area contributed by atoms with Crippen LogP contribution in [0.25, 0.3) is 0 Å². The first-order chi connectivity index (χ1) is 9.31. The van der Waals surface area contributed by atoms with E-state index in [-0.39, 0.29) is 0 Å². The molecule has 0 amide bonds. The smallest absolute Gasteiger partial charge is 0.378 e. The van der Waals surface area contributed by atoms with Crippen molar-refractivity contribution >= 4 is 33.5 Å². The van der Waals surface area contributed by atoms with Gasteiger partial charge in [-0.1, -0.05) is 11.6 Å². The normalized spacial score (nSPS) is 15.3. The molecule has 1 aliphatic heterocycles. The Hall–Kier alpha value is -1.24. The average molecular weight is 328 g/mol. The van der Waals surface area contributed by atoms with Gasteiger partial charge >= 0.3 is 10.4 Å². The van der Waals surface area contributed by atoms with E-state index in [9.17, 15) is 0 Å². The average Bonchev–Trinajstić information content (AvgIpc) is 2.38. The van der Waals surface area contributed by atoms with E-state index in [2.05, 4.69) is 20.5 Å². The Morgan fingerprint density at radius 3 is 2.40 bits per heavy atom. The van der Waals surface area contributed by atoms with E-state index in [1.165, 1.54) is 0 Å². The van der Waals surface area contributed by atoms with Gasteiger partial charge in [0.05, 0.1) is 18.9 Å². The Morgan fingerprint density at radius 1 is 1.35 bits per heavy atom. The molecule has 5 N–H and O–H groups in total. The monoisotopic (exact) mass is 327 g/mol. The first-order valence-electron chi connectivity index (χ1n) is 5.33. The van der Waals surface area contributed by atoms with Gasteiger partial charge in [0.15, 0.2) is 11.0 Å². The maximum Gasteiger partial charge on any atom is 0.394 e. The Bertz CT molecular complexity index is 528. The molecule has 1 aromatic heterocycles. The van der Waals surface area contributed by atoms with Gasteiger partial charge in [-0.3, -0.25) is 9.11 Å². The van der Waals surface area contributed by atoms with E-state index < -0.39 is 10.4 Å². The first-order valence-corrected chi connectivity index (χ1v) is 7.11. The topological polar surface area (TPSA) is 151 Å². The van der Waals surface area contributed by atoms with Gasteiger partial charge in [-0.05, 0) is 0 Å². The van der Waals surface area contributed by atoms with Crippen LogP contribution in [0.2, 0.25) is 5.15 Å². The van der Waals surface area contributed by atoms with Gasteiger partial charge in [-0.25, -0.2) is 5.84 Å². The predicted octanol–water partition coefficient (Wildman–Crippen LogP) is -0.401. The van der Waals surface area contributed by atoms with Crippen molar-refractivity contribution in [3.63, 3.8) is 0 Å². The fourth-order valence-corrected chi connectivity index (χ4v) is 1.68. The third kappa shape index (κ3) is 6.27. The molecule has 0 unspecified atom stereocenters. The van der Waals surface area contributed by atoms with Gasteiger partial charge in [0, 0.05) is 19.2 Å². The molecule has 1 saturated heterocycles. The van der Waals surface area contributed by atoms with Crippen LogP contribution in [-0.4, -0.2) is 54.0 Å². The quantitative estimate of drug-likeness (QED) is 0.321. The molecule has 0 spiro atoms. The van der Waals surface area contributed by atoms with Gasteiger partial charge in [0.2, 0.25) is 0 Å². The number of aromatic nitrogens is 2. The zero-order valence-corrected chi connectivity index (χ0v) is 11.8. The number of nitrogen functional groups attached to an aromatic ring is 1. The number of hydrazine groups is 1. The van der Waals surface area contributed by atoms with Crippen molar-refractivity contribution in [2.24, 2.45) is 5.84 Å². The summed E-state index contributed by atoms with van der Waals surface area (Å²) in [7, 11) is -4.67. The second-order valence-corrected chi connectivity index (χ2v) is 4.85. The van der Waals surface area contributed by atoms with Gasteiger partial charge in [-0.15, -0.1) is 10.2 Å². The number of hydrogen-bond donors (Lipinski definition) is 4. The number of nitrogens with one attached hydrogen (secondary N) is 1. The van der Waals surface area contributed by atoms with Crippen LogP contribution in [0.15, 0.2) is 6.07 Å². The minimum Gasteiger partial charge on any atom is -0.378 e. The molecule has 0 aliphatic carbocycles. The summed E-state index contributed by atoms with van der Waals surface area (Å²) in [6.45, 7) is 3.00. The Labute approximate surface area is 120 Å². The van der Waals surface area contributed by atoms with Crippen LogP contribution in [0.1, 0.15) is 0 Å². The Morgan fingerprint density at radius 2 is 1.90 bits per heavy atom. The SMILES string of the molecule is NNc1cc(N2CCOCC2)c(Cl)nn1.O=S(=O)(O)O. The van der Waals surface area contributed by atoms with E-state index >= 15 is 0 Å². The van der Waals surface area contributed by atoms with E-state index in [1.54, 1.807) is 6.07 Å². The fourth-order valence-electron chi connectivity index (χ4n) is 1.46. The highest BCUT2D eigenvalue weighted by molar-refractivity contribution is 7.79. The highest BCUT2D eigenvalue weighted by atomic mass is 35.5. The summed E-state index contributed by atoms with van der Waals surface area (Å²) in [5.41, 5.74) is 3.28. The molecule has 10 nitrogen and oxygen atoms in total. The van der Waals surface area contributed by atoms with Gasteiger partial charge in [0.25, 0.3) is 0 Å². The lowest BCUT2D eigenvalue weighted by Gasteiger charge is -2.29. The van der Waals surface area contributed by atoms with Crippen LogP contribution < -0.4 is 16.2 Å². The molecule has 20 heavy (non-hydrogen) atoms. The Kier molecular flexibility index (Phi) is 6.32. The molecule has 0 saturated carbocycles. The van der Waals surface area contributed by atoms with Crippen molar-refractivity contribution in [2.75, 3.05) is 36.6 Å². The molecule has 2 heterocycles. The third-order valence-electron chi connectivity index (χ3n) is 2.23. The first kappa shape index (κ1) is 16.8. The second kappa shape index (κ2) is 7.52. The standard InChI is InChI=1S/C8H12ClN5O.H2O4S/c9-8-6(5-7(11-10)12-13-8)14-1-3-15-4-2-14;1-5(2,3)4/h5H,1-4,10H2,(H,11,12);(H2,1,2,3,4). The van der Waals surface area contributed by atoms with Crippen molar-refractivity contribution in [3.8, 4) is 0 Å². The van der Waals surface area contributed by atoms with Crippen LogP contribution in [-0.2, 0) is 15.1 Å². The zero-order chi connectivity index (χ0) is 15.2. The lowest BCUT2D eigenvalue weighted by molar-refractivity contribution is 0.122. The molecule has 1 aromatic rings. The molecule has 0 radical (unpaired) electrons. The number of nitrogens with two attached hydrogens (primary N) is 1. The van der Waals surface area contributed by atoms with Crippen molar-refractivity contribution in [1.29, 1.82) is 0 Å². The number of ether oxygens (including phenoxy) is 1. The maximum atomic E-state index is 8.74. The fraction of sp³-hybridized carbons (Fsp3) is 0.500. The number of nitrogens with zero attached hydrogens (tertiary/aromatic N) is 3. The van der Waals surface area contributed by atoms with Crippen molar-refractivity contribution in [2.45, 2.75) is 0 Å². The predicted molar refractivity (Wildman–Crippen MR) is 72.1 cm³/mol. The van der Waals surface area contributed by atoms with Crippen molar-refractivity contribution in [1.82, 2.24) is 10.2 Å². The molecule has 2 rings (SSSR count). The van der Waals surface area contributed by atoms with Crippen LogP contribution in [0.5, 0.6) is 0 Å². The lowest BCUT2D eigenvalue weighted by atomic mass is 10.3. The van der Waals surface area contributed by atoms with E-state index in [0.717, 1.165) is 18.8 Å². The summed E-state index contributed by atoms with van der Waals surface area (Å²) in [4.78, 5) is 2.10. The zero-order valence-electron chi connectivity index (χ0n) is 10.2. The van der Waals surface area contributed by atoms with Crippen LogP contribution >= 0.6 is 11.6 Å². The molecular formula is C8H14ClN5O5S.